The van der Waals surface area contributed by atoms with Gasteiger partial charge in [-0.2, -0.15) is 13.9 Å². The highest BCUT2D eigenvalue weighted by molar-refractivity contribution is 7.52. The molecule has 3 aromatic carbocycles. The first-order valence-electron chi connectivity index (χ1n) is 9.20. The molecule has 0 aliphatic carbocycles. The van der Waals surface area contributed by atoms with E-state index in [-0.39, 0.29) is 12.4 Å². The van der Waals surface area contributed by atoms with E-state index in [1.54, 1.807) is 36.4 Å². The third kappa shape index (κ3) is 6.09. The molecule has 0 aromatic heterocycles. The number of rotatable bonds is 9. The molecule has 12 heteroatoms. The van der Waals surface area contributed by atoms with Crippen LogP contribution in [0.5, 0.6) is 11.5 Å². The van der Waals surface area contributed by atoms with Gasteiger partial charge in [-0.15, -0.1) is 0 Å². The van der Waals surface area contributed by atoms with Gasteiger partial charge in [0.15, 0.2) is 0 Å². The highest BCUT2D eigenvalue weighted by atomic mass is 31.2. The van der Waals surface area contributed by atoms with Crippen LogP contribution >= 0.6 is 7.75 Å². The van der Waals surface area contributed by atoms with Crippen LogP contribution in [-0.2, 0) is 20.7 Å². The molecule has 0 aliphatic heterocycles. The number of para-hydroxylation sites is 1. The molecule has 0 radical (unpaired) electrons. The number of nitrogens with one attached hydrogen (secondary N) is 1. The average Bonchev–Trinajstić information content (AvgIpc) is 2.83. The molecule has 3 aromatic rings. The maximum absolute atomic E-state index is 14.0. The van der Waals surface area contributed by atoms with Crippen molar-refractivity contribution in [3.8, 4) is 11.5 Å². The average molecular weight is 487 g/mol. The summed E-state index contributed by atoms with van der Waals surface area (Å²) in [6.45, 7) is -0.976. The summed E-state index contributed by atoms with van der Waals surface area (Å²) in [5.41, 5.74) is 0.646. The van der Waals surface area contributed by atoms with E-state index in [4.69, 9.17) is 9.26 Å². The molecule has 1 unspecified atom stereocenters. The van der Waals surface area contributed by atoms with Crippen LogP contribution in [0, 0.1) is 29.1 Å². The Hall–Kier alpha value is -3.43. The van der Waals surface area contributed by atoms with Crippen molar-refractivity contribution in [1.82, 2.24) is 5.09 Å². The molecule has 0 aliphatic rings. The fraction of sp³-hybridized carbons (Fsp3) is 0.0952. The van der Waals surface area contributed by atoms with Gasteiger partial charge in [0, 0.05) is 0 Å². The number of carbonyl (C=O) groups is 1. The minimum absolute atomic E-state index is 0.135. The van der Waals surface area contributed by atoms with Crippen molar-refractivity contribution < 1.29 is 45.1 Å². The summed E-state index contributed by atoms with van der Waals surface area (Å²) in [5, 5.41) is 2.00. The largest absolute Gasteiger partial charge is 0.513 e. The number of halogens is 5. The van der Waals surface area contributed by atoms with Gasteiger partial charge in [-0.05, 0) is 17.7 Å². The van der Waals surface area contributed by atoms with Crippen molar-refractivity contribution in [2.75, 3.05) is 6.54 Å². The minimum Gasteiger partial charge on any atom is -0.460 e. The summed E-state index contributed by atoms with van der Waals surface area (Å²) in [4.78, 5) is 12.0. The lowest BCUT2D eigenvalue weighted by Crippen LogP contribution is -2.27. The molecule has 0 amide bonds. The van der Waals surface area contributed by atoms with Crippen molar-refractivity contribution >= 4 is 13.7 Å². The third-order valence-corrected chi connectivity index (χ3v) is 5.43. The van der Waals surface area contributed by atoms with Gasteiger partial charge in [-0.25, -0.2) is 17.7 Å². The smallest absolute Gasteiger partial charge is 0.460 e. The molecule has 6 nitrogen and oxygen atoms in total. The van der Waals surface area contributed by atoms with E-state index in [0.29, 0.717) is 5.56 Å². The molecule has 174 valence electrons. The molecule has 33 heavy (non-hydrogen) atoms. The minimum atomic E-state index is -4.91. The van der Waals surface area contributed by atoms with E-state index < -0.39 is 55.1 Å². The maximum atomic E-state index is 14.0. The monoisotopic (exact) mass is 487 g/mol. The lowest BCUT2D eigenvalue weighted by atomic mass is 10.2. The topological polar surface area (TPSA) is 73.9 Å². The van der Waals surface area contributed by atoms with Gasteiger partial charge < -0.3 is 13.8 Å². The van der Waals surface area contributed by atoms with Gasteiger partial charge in [0.2, 0.25) is 34.8 Å². The number of hydrogen-bond donors (Lipinski definition) is 1. The fourth-order valence-corrected chi connectivity index (χ4v) is 3.73. The summed E-state index contributed by atoms with van der Waals surface area (Å²) in [7, 11) is -4.91. The normalized spacial score (nSPS) is 12.6. The summed E-state index contributed by atoms with van der Waals surface area (Å²) in [6, 6.07) is 15.6. The molecule has 0 saturated carbocycles. The van der Waals surface area contributed by atoms with E-state index in [1.165, 1.54) is 24.3 Å². The Morgan fingerprint density at radius 1 is 0.758 bits per heavy atom. The second kappa shape index (κ2) is 10.5. The maximum Gasteiger partial charge on any atom is 0.513 e. The Labute approximate surface area is 184 Å². The fourth-order valence-electron chi connectivity index (χ4n) is 2.44. The molecular formula is C21H15F5NO5P. The first-order valence-corrected chi connectivity index (χ1v) is 10.7. The van der Waals surface area contributed by atoms with Crippen molar-refractivity contribution in [1.29, 1.82) is 0 Å². The Kier molecular flexibility index (Phi) is 7.67. The first-order chi connectivity index (χ1) is 15.7. The molecule has 0 heterocycles. The van der Waals surface area contributed by atoms with E-state index in [9.17, 15) is 31.3 Å². The van der Waals surface area contributed by atoms with Crippen LogP contribution in [0.15, 0.2) is 60.7 Å². The number of carbonyl (C=O) groups excluding carboxylic acids is 1. The molecule has 0 fully saturated rings. The predicted octanol–water partition coefficient (Wildman–Crippen LogP) is 5.28. The Morgan fingerprint density at radius 2 is 1.27 bits per heavy atom. The first kappa shape index (κ1) is 24.2. The van der Waals surface area contributed by atoms with Crippen molar-refractivity contribution in [2.24, 2.45) is 0 Å². The van der Waals surface area contributed by atoms with Gasteiger partial charge in [-0.3, -0.25) is 4.79 Å². The highest BCUT2D eigenvalue weighted by Crippen LogP contribution is 2.47. The van der Waals surface area contributed by atoms with Gasteiger partial charge in [0.05, 0.1) is 0 Å². The predicted molar refractivity (Wildman–Crippen MR) is 106 cm³/mol. The van der Waals surface area contributed by atoms with Crippen molar-refractivity contribution in [3.05, 3.63) is 95.3 Å². The van der Waals surface area contributed by atoms with E-state index in [2.05, 4.69) is 4.52 Å². The van der Waals surface area contributed by atoms with Crippen LogP contribution in [0.1, 0.15) is 5.56 Å². The van der Waals surface area contributed by atoms with Crippen LogP contribution in [0.2, 0.25) is 0 Å². The molecule has 1 atom stereocenters. The zero-order valence-electron chi connectivity index (χ0n) is 16.6. The van der Waals surface area contributed by atoms with Gasteiger partial charge in [0.25, 0.3) is 0 Å². The lowest BCUT2D eigenvalue weighted by Gasteiger charge is -2.21. The standard InChI is InChI=1S/C21H15F5NO5P/c22-16-17(23)19(25)21(20(26)18(16)24)32-33(29,31-14-9-5-2-6-10-14)27-11-15(28)30-12-13-7-3-1-4-8-13/h1-10H,11-12H2,(H,27,29). The van der Waals surface area contributed by atoms with Crippen LogP contribution in [-0.4, -0.2) is 12.5 Å². The number of hydrogen-bond acceptors (Lipinski definition) is 5. The van der Waals surface area contributed by atoms with Crippen LogP contribution in [0.3, 0.4) is 0 Å². The molecule has 0 saturated heterocycles. The Morgan fingerprint density at radius 3 is 1.85 bits per heavy atom. The van der Waals surface area contributed by atoms with E-state index >= 15 is 0 Å². The lowest BCUT2D eigenvalue weighted by molar-refractivity contribution is -0.143. The van der Waals surface area contributed by atoms with E-state index in [1.807, 2.05) is 5.09 Å². The van der Waals surface area contributed by atoms with Crippen molar-refractivity contribution in [3.63, 3.8) is 0 Å². The number of benzene rings is 3. The quantitative estimate of drug-likeness (QED) is 0.146. The second-order valence-corrected chi connectivity index (χ2v) is 8.05. The summed E-state index contributed by atoms with van der Waals surface area (Å²) >= 11 is 0. The summed E-state index contributed by atoms with van der Waals surface area (Å²) in [6.07, 6.45) is 0. The second-order valence-electron chi connectivity index (χ2n) is 6.37. The summed E-state index contributed by atoms with van der Waals surface area (Å²) < 4.78 is 96.2. The van der Waals surface area contributed by atoms with E-state index in [0.717, 1.165) is 0 Å². The molecule has 0 bridgehead atoms. The summed E-state index contributed by atoms with van der Waals surface area (Å²) in [5.74, 6) is -14.7. The van der Waals surface area contributed by atoms with Gasteiger partial charge in [-0.1, -0.05) is 48.5 Å². The zero-order valence-corrected chi connectivity index (χ0v) is 17.5. The Balaban J connectivity index is 1.80. The molecule has 1 N–H and O–H groups in total. The zero-order chi connectivity index (χ0) is 24.0. The molecular weight excluding hydrogens is 472 g/mol. The Bertz CT molecular complexity index is 1150. The molecule has 3 rings (SSSR count). The highest BCUT2D eigenvalue weighted by Gasteiger charge is 2.36. The van der Waals surface area contributed by atoms with Gasteiger partial charge >= 0.3 is 13.7 Å². The SMILES string of the molecule is O=C(CNP(=O)(Oc1ccccc1)Oc1c(F)c(F)c(F)c(F)c1F)OCc1ccccc1. The van der Waals surface area contributed by atoms with Gasteiger partial charge in [0.1, 0.15) is 18.9 Å². The van der Waals surface area contributed by atoms with Crippen LogP contribution < -0.4 is 14.1 Å². The van der Waals surface area contributed by atoms with Crippen molar-refractivity contribution in [2.45, 2.75) is 6.61 Å². The van der Waals surface area contributed by atoms with Crippen LogP contribution in [0.25, 0.3) is 0 Å². The number of esters is 1. The molecule has 0 spiro atoms. The van der Waals surface area contributed by atoms with Crippen LogP contribution in [0.4, 0.5) is 22.0 Å². The number of ether oxygens (including phenoxy) is 1. The third-order valence-electron chi connectivity index (χ3n) is 4.01.